The maximum Gasteiger partial charge on any atom is 0.340 e. The molecule has 1 amide bonds. The Balaban J connectivity index is 2.18. The van der Waals surface area contributed by atoms with Crippen molar-refractivity contribution in [2.75, 3.05) is 30.3 Å². The van der Waals surface area contributed by atoms with Gasteiger partial charge in [0.2, 0.25) is 10.0 Å². The fourth-order valence-corrected chi connectivity index (χ4v) is 3.24. The molecule has 0 spiro atoms. The molecule has 1 heterocycles. The number of benzene rings is 1. The van der Waals surface area contributed by atoms with Crippen molar-refractivity contribution in [2.24, 2.45) is 0 Å². The van der Waals surface area contributed by atoms with Gasteiger partial charge in [-0.15, -0.1) is 0 Å². The van der Waals surface area contributed by atoms with Crippen LogP contribution in [0.2, 0.25) is 0 Å². The number of nitrogens with zero attached hydrogens (tertiary/aromatic N) is 1. The molecule has 2 aromatic rings. The molecular weight excluding hydrogens is 360 g/mol. The summed E-state index contributed by atoms with van der Waals surface area (Å²) in [6.07, 6.45) is 2.40. The molecule has 2 rings (SSSR count). The fourth-order valence-electron chi connectivity index (χ4n) is 2.30. The van der Waals surface area contributed by atoms with Gasteiger partial charge in [0.25, 0.3) is 5.91 Å². The number of amides is 1. The molecule has 0 aliphatic rings. The van der Waals surface area contributed by atoms with Crippen LogP contribution in [-0.4, -0.2) is 46.2 Å². The van der Waals surface area contributed by atoms with E-state index in [1.165, 1.54) is 24.5 Å². The van der Waals surface area contributed by atoms with Gasteiger partial charge >= 0.3 is 5.97 Å². The highest BCUT2D eigenvalue weighted by molar-refractivity contribution is 7.92. The number of carbonyl (C=O) groups excluding carboxylic acids is 2. The highest BCUT2D eigenvalue weighted by Gasteiger charge is 2.23. The molecule has 0 radical (unpaired) electrons. The van der Waals surface area contributed by atoms with Gasteiger partial charge < -0.3 is 14.5 Å². The summed E-state index contributed by atoms with van der Waals surface area (Å²) < 4.78 is 35.4. The Morgan fingerprint density at radius 3 is 2.54 bits per heavy atom. The van der Waals surface area contributed by atoms with Crippen molar-refractivity contribution in [1.82, 2.24) is 5.32 Å². The summed E-state index contributed by atoms with van der Waals surface area (Å²) in [7, 11) is -3.69. The van der Waals surface area contributed by atoms with E-state index in [9.17, 15) is 18.0 Å². The van der Waals surface area contributed by atoms with E-state index in [2.05, 4.69) is 5.32 Å². The molecule has 0 unspecified atom stereocenters. The summed E-state index contributed by atoms with van der Waals surface area (Å²) in [5.74, 6) is -0.943. The van der Waals surface area contributed by atoms with Crippen LogP contribution in [0, 0.1) is 0 Å². The highest BCUT2D eigenvalue weighted by atomic mass is 32.2. The lowest BCUT2D eigenvalue weighted by atomic mass is 10.2. The number of carbonyl (C=O) groups is 2. The van der Waals surface area contributed by atoms with Crippen LogP contribution in [0.3, 0.4) is 0 Å². The molecule has 0 saturated heterocycles. The fraction of sp³-hybridized carbons (Fsp3) is 0.294. The topological polar surface area (TPSA) is 106 Å². The minimum Gasteiger partial charge on any atom is -0.462 e. The Labute approximate surface area is 151 Å². The molecule has 0 saturated carbocycles. The van der Waals surface area contributed by atoms with Gasteiger partial charge in [0.15, 0.2) is 5.76 Å². The van der Waals surface area contributed by atoms with Crippen LogP contribution in [0.1, 0.15) is 27.8 Å². The number of hydrogen-bond acceptors (Lipinski definition) is 6. The molecule has 1 N–H and O–H groups in total. The normalized spacial score (nSPS) is 11.0. The number of esters is 1. The number of anilines is 1. The Kier molecular flexibility index (Phi) is 6.40. The van der Waals surface area contributed by atoms with E-state index in [1.54, 1.807) is 25.1 Å². The summed E-state index contributed by atoms with van der Waals surface area (Å²) in [6.45, 7) is 1.82. The van der Waals surface area contributed by atoms with Gasteiger partial charge in [0, 0.05) is 6.54 Å². The van der Waals surface area contributed by atoms with Crippen molar-refractivity contribution < 1.29 is 27.2 Å². The minimum atomic E-state index is -3.69. The molecule has 0 fully saturated rings. The van der Waals surface area contributed by atoms with Gasteiger partial charge in [-0.05, 0) is 31.2 Å². The lowest BCUT2D eigenvalue weighted by molar-refractivity contribution is 0.0527. The predicted octanol–water partition coefficient (Wildman–Crippen LogP) is 1.65. The van der Waals surface area contributed by atoms with E-state index < -0.39 is 21.9 Å². The lowest BCUT2D eigenvalue weighted by Gasteiger charge is -2.24. The molecule has 0 atom stereocenters. The molecular formula is C17H20N2O6S. The Hall–Kier alpha value is -2.81. The zero-order valence-electron chi connectivity index (χ0n) is 14.5. The third kappa shape index (κ3) is 4.85. The summed E-state index contributed by atoms with van der Waals surface area (Å²) in [6, 6.07) is 9.33. The van der Waals surface area contributed by atoms with E-state index in [4.69, 9.17) is 9.15 Å². The second kappa shape index (κ2) is 8.52. The first-order valence-electron chi connectivity index (χ1n) is 7.90. The second-order valence-corrected chi connectivity index (χ2v) is 7.21. The summed E-state index contributed by atoms with van der Waals surface area (Å²) in [5.41, 5.74) is 0.331. The molecule has 1 aromatic heterocycles. The average molecular weight is 380 g/mol. The summed E-state index contributed by atoms with van der Waals surface area (Å²) in [4.78, 5) is 24.0. The SMILES string of the molecule is CCOC(=O)c1ccccc1N(CCNC(=O)c1ccco1)S(C)(=O)=O. The smallest absolute Gasteiger partial charge is 0.340 e. The first-order valence-corrected chi connectivity index (χ1v) is 9.75. The second-order valence-electron chi connectivity index (χ2n) is 5.31. The predicted molar refractivity (Wildman–Crippen MR) is 95.6 cm³/mol. The van der Waals surface area contributed by atoms with Gasteiger partial charge in [0.05, 0.1) is 36.9 Å². The largest absolute Gasteiger partial charge is 0.462 e. The number of para-hydroxylation sites is 1. The van der Waals surface area contributed by atoms with Crippen LogP contribution in [0.4, 0.5) is 5.69 Å². The average Bonchev–Trinajstić information content (AvgIpc) is 3.12. The van der Waals surface area contributed by atoms with Gasteiger partial charge in [-0.2, -0.15) is 0 Å². The van der Waals surface area contributed by atoms with Crippen molar-refractivity contribution in [3.63, 3.8) is 0 Å². The van der Waals surface area contributed by atoms with Crippen LogP contribution < -0.4 is 9.62 Å². The summed E-state index contributed by atoms with van der Waals surface area (Å²) in [5, 5.41) is 2.58. The molecule has 26 heavy (non-hydrogen) atoms. The number of furan rings is 1. The quantitative estimate of drug-likeness (QED) is 0.698. The van der Waals surface area contributed by atoms with Crippen LogP contribution >= 0.6 is 0 Å². The standard InChI is InChI=1S/C17H20N2O6S/c1-3-24-17(21)13-7-4-5-8-14(13)19(26(2,22)23)11-10-18-16(20)15-9-6-12-25-15/h4-9,12H,3,10-11H2,1-2H3,(H,18,20). The van der Waals surface area contributed by atoms with Gasteiger partial charge in [-0.25, -0.2) is 13.2 Å². The molecule has 1 aromatic carbocycles. The molecule has 0 bridgehead atoms. The van der Waals surface area contributed by atoms with Crippen molar-refractivity contribution >= 4 is 27.6 Å². The van der Waals surface area contributed by atoms with Crippen LogP contribution in [0.25, 0.3) is 0 Å². The van der Waals surface area contributed by atoms with E-state index in [-0.39, 0.29) is 36.7 Å². The van der Waals surface area contributed by atoms with E-state index >= 15 is 0 Å². The number of rotatable bonds is 8. The van der Waals surface area contributed by atoms with Crippen LogP contribution in [-0.2, 0) is 14.8 Å². The maximum atomic E-state index is 12.2. The van der Waals surface area contributed by atoms with E-state index in [0.717, 1.165) is 10.6 Å². The monoisotopic (exact) mass is 380 g/mol. The van der Waals surface area contributed by atoms with Gasteiger partial charge in [0.1, 0.15) is 0 Å². The summed E-state index contributed by atoms with van der Waals surface area (Å²) >= 11 is 0. The molecule has 0 aliphatic carbocycles. The molecule has 8 nitrogen and oxygen atoms in total. The van der Waals surface area contributed by atoms with Gasteiger partial charge in [-0.1, -0.05) is 12.1 Å². The zero-order valence-corrected chi connectivity index (χ0v) is 15.3. The van der Waals surface area contributed by atoms with Crippen molar-refractivity contribution in [3.05, 3.63) is 54.0 Å². The number of hydrogen-bond donors (Lipinski definition) is 1. The first kappa shape index (κ1) is 19.5. The van der Waals surface area contributed by atoms with Gasteiger partial charge in [-0.3, -0.25) is 9.10 Å². The maximum absolute atomic E-state index is 12.2. The third-order valence-corrected chi connectivity index (χ3v) is 4.59. The Morgan fingerprint density at radius 2 is 1.92 bits per heavy atom. The highest BCUT2D eigenvalue weighted by Crippen LogP contribution is 2.23. The van der Waals surface area contributed by atoms with Crippen LogP contribution in [0.5, 0.6) is 0 Å². The minimum absolute atomic E-state index is 0.0315. The number of ether oxygens (including phenoxy) is 1. The number of sulfonamides is 1. The molecule has 140 valence electrons. The van der Waals surface area contributed by atoms with E-state index in [0.29, 0.717) is 0 Å². The Bertz CT molecular complexity index is 861. The lowest BCUT2D eigenvalue weighted by Crippen LogP contribution is -2.38. The molecule has 9 heteroatoms. The third-order valence-electron chi connectivity index (χ3n) is 3.41. The van der Waals surface area contributed by atoms with Crippen molar-refractivity contribution in [3.8, 4) is 0 Å². The zero-order chi connectivity index (χ0) is 19.2. The first-order chi connectivity index (χ1) is 12.3. The van der Waals surface area contributed by atoms with E-state index in [1.807, 2.05) is 0 Å². The number of nitrogens with one attached hydrogen (secondary N) is 1. The van der Waals surface area contributed by atoms with Crippen molar-refractivity contribution in [1.29, 1.82) is 0 Å². The van der Waals surface area contributed by atoms with Crippen LogP contribution in [0.15, 0.2) is 47.1 Å². The Morgan fingerprint density at radius 1 is 1.19 bits per heavy atom. The van der Waals surface area contributed by atoms with Crippen molar-refractivity contribution in [2.45, 2.75) is 6.92 Å². The molecule has 0 aliphatic heterocycles.